The van der Waals surface area contributed by atoms with Gasteiger partial charge in [-0.2, -0.15) is 0 Å². The molecular weight excluding hydrogens is 338 g/mol. The number of benzene rings is 5. The van der Waals surface area contributed by atoms with Gasteiger partial charge in [-0.15, -0.1) is 0 Å². The van der Waals surface area contributed by atoms with Crippen LogP contribution in [-0.4, -0.2) is 4.57 Å². The molecule has 1 nitrogen and oxygen atoms in total. The van der Waals surface area contributed by atoms with Gasteiger partial charge in [0.25, 0.3) is 0 Å². The van der Waals surface area contributed by atoms with Gasteiger partial charge in [0.2, 0.25) is 0 Å². The first-order valence-electron chi connectivity index (χ1n) is 9.69. The molecule has 0 aliphatic carbocycles. The van der Waals surface area contributed by atoms with E-state index in [0.717, 1.165) is 0 Å². The van der Waals surface area contributed by atoms with Crippen molar-refractivity contribution in [3.63, 3.8) is 0 Å². The van der Waals surface area contributed by atoms with Gasteiger partial charge in [-0.25, -0.2) is 0 Å². The van der Waals surface area contributed by atoms with Crippen LogP contribution in [0.25, 0.3) is 54.5 Å². The first-order chi connectivity index (χ1) is 13.8. The van der Waals surface area contributed by atoms with E-state index in [1.807, 2.05) is 0 Å². The molecule has 6 rings (SSSR count). The van der Waals surface area contributed by atoms with Gasteiger partial charge in [0.15, 0.2) is 0 Å². The molecule has 0 radical (unpaired) electrons. The second-order valence-electron chi connectivity index (χ2n) is 7.54. The Bertz CT molecular complexity index is 1520. The standard InChI is InChI=1S/C27H19N/c1-28-26-9-5-4-8-24(26)25-15-13-22-17-21(12-14-23(22)27(25)28)20-11-10-18-6-2-3-7-19(18)16-20/h2-17H,1H3. The minimum Gasteiger partial charge on any atom is -0.343 e. The summed E-state index contributed by atoms with van der Waals surface area (Å²) in [5.74, 6) is 0. The summed E-state index contributed by atoms with van der Waals surface area (Å²) < 4.78 is 2.32. The summed E-state index contributed by atoms with van der Waals surface area (Å²) in [5.41, 5.74) is 5.11. The fraction of sp³-hybridized carbons (Fsp3) is 0.0370. The largest absolute Gasteiger partial charge is 0.343 e. The lowest BCUT2D eigenvalue weighted by Gasteiger charge is -2.08. The highest BCUT2D eigenvalue weighted by Crippen LogP contribution is 2.35. The van der Waals surface area contributed by atoms with Crippen LogP contribution in [0.4, 0.5) is 0 Å². The summed E-state index contributed by atoms with van der Waals surface area (Å²) in [4.78, 5) is 0. The van der Waals surface area contributed by atoms with E-state index in [9.17, 15) is 0 Å². The number of fused-ring (bicyclic) bond motifs is 6. The average molecular weight is 357 g/mol. The monoisotopic (exact) mass is 357 g/mol. The molecule has 1 aromatic heterocycles. The van der Waals surface area contributed by atoms with E-state index < -0.39 is 0 Å². The highest BCUT2D eigenvalue weighted by molar-refractivity contribution is 6.18. The van der Waals surface area contributed by atoms with E-state index in [1.165, 1.54) is 54.5 Å². The third-order valence-corrected chi connectivity index (χ3v) is 5.97. The third kappa shape index (κ3) is 2.13. The van der Waals surface area contributed by atoms with Gasteiger partial charge in [0, 0.05) is 28.7 Å². The second kappa shape index (κ2) is 5.71. The van der Waals surface area contributed by atoms with Gasteiger partial charge in [0.05, 0.1) is 5.52 Å². The highest BCUT2D eigenvalue weighted by Gasteiger charge is 2.11. The minimum atomic E-state index is 1.26. The van der Waals surface area contributed by atoms with Crippen LogP contribution in [0.1, 0.15) is 0 Å². The van der Waals surface area contributed by atoms with Crippen LogP contribution in [0, 0.1) is 0 Å². The van der Waals surface area contributed by atoms with Crippen LogP contribution < -0.4 is 0 Å². The molecule has 0 aliphatic heterocycles. The maximum atomic E-state index is 2.32. The molecule has 5 aromatic carbocycles. The number of hydrogen-bond donors (Lipinski definition) is 0. The molecule has 132 valence electrons. The summed E-state index contributed by atoms with van der Waals surface area (Å²) in [6.45, 7) is 0. The summed E-state index contributed by atoms with van der Waals surface area (Å²) in [5, 5.41) is 7.79. The van der Waals surface area contributed by atoms with Gasteiger partial charge < -0.3 is 4.57 Å². The van der Waals surface area contributed by atoms with E-state index in [4.69, 9.17) is 0 Å². The molecule has 0 amide bonds. The fourth-order valence-corrected chi connectivity index (χ4v) is 4.55. The van der Waals surface area contributed by atoms with E-state index in [2.05, 4.69) is 109 Å². The summed E-state index contributed by atoms with van der Waals surface area (Å²) in [6.07, 6.45) is 0. The summed E-state index contributed by atoms with van der Waals surface area (Å²) in [6, 6.07) is 35.3. The van der Waals surface area contributed by atoms with E-state index in [0.29, 0.717) is 0 Å². The van der Waals surface area contributed by atoms with Crippen molar-refractivity contribution >= 4 is 43.4 Å². The second-order valence-corrected chi connectivity index (χ2v) is 7.54. The fourth-order valence-electron chi connectivity index (χ4n) is 4.55. The van der Waals surface area contributed by atoms with Crippen LogP contribution in [0.3, 0.4) is 0 Å². The van der Waals surface area contributed by atoms with Crippen LogP contribution >= 0.6 is 0 Å². The first-order valence-corrected chi connectivity index (χ1v) is 9.69. The number of para-hydroxylation sites is 1. The quantitative estimate of drug-likeness (QED) is 0.291. The number of hydrogen-bond acceptors (Lipinski definition) is 0. The van der Waals surface area contributed by atoms with Crippen molar-refractivity contribution in [3.8, 4) is 11.1 Å². The summed E-state index contributed by atoms with van der Waals surface area (Å²) in [7, 11) is 2.17. The zero-order chi connectivity index (χ0) is 18.7. The predicted octanol–water partition coefficient (Wildman–Crippen LogP) is 7.30. The van der Waals surface area contributed by atoms with E-state index in [-0.39, 0.29) is 0 Å². The van der Waals surface area contributed by atoms with Gasteiger partial charge in [0.1, 0.15) is 0 Å². The normalized spacial score (nSPS) is 11.8. The molecule has 0 fully saturated rings. The Morgan fingerprint density at radius 1 is 0.500 bits per heavy atom. The van der Waals surface area contributed by atoms with Gasteiger partial charge >= 0.3 is 0 Å². The highest BCUT2D eigenvalue weighted by atomic mass is 14.9. The Hall–Kier alpha value is -3.58. The Labute approximate surface area is 163 Å². The topological polar surface area (TPSA) is 4.93 Å². The number of aromatic nitrogens is 1. The first kappa shape index (κ1) is 15.5. The molecular formula is C27H19N. The molecule has 0 spiro atoms. The van der Waals surface area contributed by atoms with Crippen molar-refractivity contribution in [1.82, 2.24) is 4.57 Å². The number of rotatable bonds is 1. The lowest BCUT2D eigenvalue weighted by atomic mass is 9.97. The Morgan fingerprint density at radius 2 is 1.14 bits per heavy atom. The molecule has 0 N–H and O–H groups in total. The molecule has 0 atom stereocenters. The Kier molecular flexibility index (Phi) is 3.15. The van der Waals surface area contributed by atoms with Crippen molar-refractivity contribution in [3.05, 3.63) is 97.1 Å². The van der Waals surface area contributed by atoms with Crippen LogP contribution in [0.15, 0.2) is 97.1 Å². The minimum absolute atomic E-state index is 1.26. The number of aryl methyl sites for hydroxylation is 1. The molecule has 1 heterocycles. The predicted molar refractivity (Wildman–Crippen MR) is 121 cm³/mol. The molecule has 1 heteroatoms. The third-order valence-electron chi connectivity index (χ3n) is 5.97. The zero-order valence-corrected chi connectivity index (χ0v) is 15.7. The van der Waals surface area contributed by atoms with E-state index in [1.54, 1.807) is 0 Å². The lowest BCUT2D eigenvalue weighted by Crippen LogP contribution is -1.88. The Balaban J connectivity index is 1.61. The lowest BCUT2D eigenvalue weighted by molar-refractivity contribution is 1.02. The molecule has 0 saturated heterocycles. The maximum absolute atomic E-state index is 2.32. The van der Waals surface area contributed by atoms with Crippen molar-refractivity contribution in [2.24, 2.45) is 7.05 Å². The molecule has 0 saturated carbocycles. The van der Waals surface area contributed by atoms with Crippen molar-refractivity contribution in [2.75, 3.05) is 0 Å². The molecule has 28 heavy (non-hydrogen) atoms. The summed E-state index contributed by atoms with van der Waals surface area (Å²) >= 11 is 0. The zero-order valence-electron chi connectivity index (χ0n) is 15.7. The molecule has 0 aliphatic rings. The van der Waals surface area contributed by atoms with Crippen LogP contribution in [0.5, 0.6) is 0 Å². The van der Waals surface area contributed by atoms with Gasteiger partial charge in [-0.1, -0.05) is 78.9 Å². The van der Waals surface area contributed by atoms with Crippen LogP contribution in [0.2, 0.25) is 0 Å². The molecule has 0 bridgehead atoms. The van der Waals surface area contributed by atoms with Crippen molar-refractivity contribution in [1.29, 1.82) is 0 Å². The molecule has 6 aromatic rings. The Morgan fingerprint density at radius 3 is 2.04 bits per heavy atom. The van der Waals surface area contributed by atoms with Gasteiger partial charge in [-0.3, -0.25) is 0 Å². The smallest absolute Gasteiger partial charge is 0.0568 e. The SMILES string of the molecule is Cn1c2ccccc2c2ccc3cc(-c4ccc5ccccc5c4)ccc3c21. The molecule has 0 unspecified atom stereocenters. The number of nitrogens with zero attached hydrogens (tertiary/aromatic N) is 1. The maximum Gasteiger partial charge on any atom is 0.0568 e. The van der Waals surface area contributed by atoms with Crippen molar-refractivity contribution in [2.45, 2.75) is 0 Å². The van der Waals surface area contributed by atoms with E-state index >= 15 is 0 Å². The van der Waals surface area contributed by atoms with Gasteiger partial charge in [-0.05, 0) is 45.5 Å². The average Bonchev–Trinajstić information content (AvgIpc) is 3.06. The van der Waals surface area contributed by atoms with Crippen molar-refractivity contribution < 1.29 is 0 Å². The van der Waals surface area contributed by atoms with Crippen LogP contribution in [-0.2, 0) is 7.05 Å².